The van der Waals surface area contributed by atoms with Crippen molar-refractivity contribution >= 4 is 10.9 Å². The van der Waals surface area contributed by atoms with E-state index >= 15 is 0 Å². The Labute approximate surface area is 129 Å². The Hall–Kier alpha value is -2.42. The molecule has 0 amide bonds. The molecule has 0 aliphatic carbocycles. The fourth-order valence-corrected chi connectivity index (χ4v) is 3.48. The van der Waals surface area contributed by atoms with Gasteiger partial charge in [0.15, 0.2) is 0 Å². The number of nitrogens with zero attached hydrogens (tertiary/aromatic N) is 2. The maximum Gasteiger partial charge on any atom is 0.262 e. The van der Waals surface area contributed by atoms with Crippen LogP contribution in [0.25, 0.3) is 22.3 Å². The standard InChI is InChI=1S/C19H18N2O/c1-3-19(2)12-13-8-4-5-9-14(13)17-20-16-11-7-6-10-15(16)18(22)21(17)19/h4-11H,3,12H2,1-2H3. The molecular formula is C19H18N2O. The summed E-state index contributed by atoms with van der Waals surface area (Å²) in [5, 5.41) is 0.699. The molecule has 1 aromatic heterocycles. The maximum atomic E-state index is 13.1. The van der Waals surface area contributed by atoms with E-state index in [1.807, 2.05) is 34.9 Å². The summed E-state index contributed by atoms with van der Waals surface area (Å²) >= 11 is 0. The van der Waals surface area contributed by atoms with Crippen molar-refractivity contribution in [2.75, 3.05) is 0 Å². The number of benzene rings is 2. The van der Waals surface area contributed by atoms with Crippen molar-refractivity contribution in [3.05, 3.63) is 64.4 Å². The van der Waals surface area contributed by atoms with Crippen molar-refractivity contribution in [3.63, 3.8) is 0 Å². The second-order valence-electron chi connectivity index (χ2n) is 6.28. The van der Waals surface area contributed by atoms with E-state index in [2.05, 4.69) is 32.0 Å². The predicted octanol–water partition coefficient (Wildman–Crippen LogP) is 3.74. The highest BCUT2D eigenvalue weighted by molar-refractivity contribution is 5.80. The highest BCUT2D eigenvalue weighted by Gasteiger charge is 2.35. The van der Waals surface area contributed by atoms with Crippen LogP contribution in [0.5, 0.6) is 0 Å². The van der Waals surface area contributed by atoms with E-state index in [0.29, 0.717) is 5.39 Å². The fraction of sp³-hybridized carbons (Fsp3) is 0.263. The zero-order valence-electron chi connectivity index (χ0n) is 12.8. The van der Waals surface area contributed by atoms with Crippen LogP contribution in [-0.2, 0) is 12.0 Å². The third-order valence-corrected chi connectivity index (χ3v) is 4.91. The SMILES string of the molecule is CCC1(C)Cc2ccccc2-c2nc3ccccc3c(=O)n21. The lowest BCUT2D eigenvalue weighted by Crippen LogP contribution is -2.44. The summed E-state index contributed by atoms with van der Waals surface area (Å²) in [5.74, 6) is 0.801. The first-order valence-electron chi connectivity index (χ1n) is 7.74. The minimum absolute atomic E-state index is 0.0689. The van der Waals surface area contributed by atoms with Gasteiger partial charge in [-0.15, -0.1) is 0 Å². The summed E-state index contributed by atoms with van der Waals surface area (Å²) in [6.45, 7) is 4.30. The van der Waals surface area contributed by atoms with Crippen LogP contribution >= 0.6 is 0 Å². The van der Waals surface area contributed by atoms with Crippen LogP contribution in [0.2, 0.25) is 0 Å². The normalized spacial score (nSPS) is 19.7. The van der Waals surface area contributed by atoms with Crippen LogP contribution in [0.4, 0.5) is 0 Å². The Morgan fingerprint density at radius 1 is 1.14 bits per heavy atom. The van der Waals surface area contributed by atoms with E-state index < -0.39 is 0 Å². The van der Waals surface area contributed by atoms with E-state index in [1.54, 1.807) is 0 Å². The Balaban J connectivity index is 2.19. The first-order chi connectivity index (χ1) is 10.6. The molecule has 1 aliphatic heterocycles. The zero-order valence-corrected chi connectivity index (χ0v) is 12.8. The van der Waals surface area contributed by atoms with Crippen LogP contribution < -0.4 is 5.56 Å². The van der Waals surface area contributed by atoms with E-state index in [1.165, 1.54) is 5.56 Å². The number of hydrogen-bond donors (Lipinski definition) is 0. The molecule has 0 fully saturated rings. The van der Waals surface area contributed by atoms with Gasteiger partial charge in [0.05, 0.1) is 16.4 Å². The molecule has 1 atom stereocenters. The topological polar surface area (TPSA) is 34.9 Å². The summed E-state index contributed by atoms with van der Waals surface area (Å²) in [7, 11) is 0. The molecule has 3 aromatic rings. The van der Waals surface area contributed by atoms with Gasteiger partial charge in [0.2, 0.25) is 0 Å². The van der Waals surface area contributed by atoms with Crippen molar-refractivity contribution in [3.8, 4) is 11.4 Å². The lowest BCUT2D eigenvalue weighted by Gasteiger charge is -2.37. The molecule has 1 unspecified atom stereocenters. The molecule has 0 radical (unpaired) electrons. The number of para-hydroxylation sites is 1. The van der Waals surface area contributed by atoms with Gasteiger partial charge in [0.25, 0.3) is 5.56 Å². The minimum atomic E-state index is -0.224. The Kier molecular flexibility index (Phi) is 2.73. The molecule has 4 rings (SSSR count). The number of rotatable bonds is 1. The molecule has 0 N–H and O–H groups in total. The van der Waals surface area contributed by atoms with Gasteiger partial charge in [-0.2, -0.15) is 0 Å². The largest absolute Gasteiger partial charge is 0.286 e. The Morgan fingerprint density at radius 3 is 2.68 bits per heavy atom. The molecule has 0 saturated heterocycles. The summed E-state index contributed by atoms with van der Waals surface area (Å²) in [6.07, 6.45) is 1.76. The first-order valence-corrected chi connectivity index (χ1v) is 7.74. The fourth-order valence-electron chi connectivity index (χ4n) is 3.48. The number of hydrogen-bond acceptors (Lipinski definition) is 2. The summed E-state index contributed by atoms with van der Waals surface area (Å²) in [5.41, 5.74) is 2.97. The number of fused-ring (bicyclic) bond motifs is 4. The van der Waals surface area contributed by atoms with Gasteiger partial charge < -0.3 is 0 Å². The molecule has 110 valence electrons. The lowest BCUT2D eigenvalue weighted by molar-refractivity contribution is 0.289. The molecule has 22 heavy (non-hydrogen) atoms. The molecular weight excluding hydrogens is 272 g/mol. The second kappa shape index (κ2) is 4.54. The lowest BCUT2D eigenvalue weighted by atomic mass is 9.83. The summed E-state index contributed by atoms with van der Waals surface area (Å²) < 4.78 is 1.91. The monoisotopic (exact) mass is 290 g/mol. The maximum absolute atomic E-state index is 13.1. The van der Waals surface area contributed by atoms with Gasteiger partial charge in [0, 0.05) is 5.56 Å². The quantitative estimate of drug-likeness (QED) is 0.684. The molecule has 2 aromatic carbocycles. The molecule has 3 nitrogen and oxygen atoms in total. The average Bonchev–Trinajstić information content (AvgIpc) is 2.55. The average molecular weight is 290 g/mol. The van der Waals surface area contributed by atoms with Crippen molar-refractivity contribution in [2.24, 2.45) is 0 Å². The smallest absolute Gasteiger partial charge is 0.262 e. The third kappa shape index (κ3) is 1.68. The highest BCUT2D eigenvalue weighted by atomic mass is 16.1. The van der Waals surface area contributed by atoms with Crippen LogP contribution in [0.3, 0.4) is 0 Å². The molecule has 0 bridgehead atoms. The van der Waals surface area contributed by atoms with Crippen LogP contribution in [-0.4, -0.2) is 9.55 Å². The van der Waals surface area contributed by atoms with Crippen LogP contribution in [0.1, 0.15) is 25.8 Å². The molecule has 3 heteroatoms. The van der Waals surface area contributed by atoms with Gasteiger partial charge in [-0.05, 0) is 37.5 Å². The zero-order chi connectivity index (χ0) is 15.3. The van der Waals surface area contributed by atoms with E-state index in [4.69, 9.17) is 4.98 Å². The van der Waals surface area contributed by atoms with Gasteiger partial charge in [-0.1, -0.05) is 43.3 Å². The van der Waals surface area contributed by atoms with E-state index in [9.17, 15) is 4.79 Å². The molecule has 2 heterocycles. The van der Waals surface area contributed by atoms with Gasteiger partial charge in [-0.3, -0.25) is 9.36 Å². The molecule has 0 spiro atoms. The van der Waals surface area contributed by atoms with Gasteiger partial charge >= 0.3 is 0 Å². The Bertz CT molecular complexity index is 942. The minimum Gasteiger partial charge on any atom is -0.286 e. The first kappa shape index (κ1) is 13.3. The van der Waals surface area contributed by atoms with Gasteiger partial charge in [-0.25, -0.2) is 4.98 Å². The van der Waals surface area contributed by atoms with E-state index in [-0.39, 0.29) is 11.1 Å². The van der Waals surface area contributed by atoms with Crippen molar-refractivity contribution in [1.29, 1.82) is 0 Å². The second-order valence-corrected chi connectivity index (χ2v) is 6.28. The molecule has 0 saturated carbocycles. The highest BCUT2D eigenvalue weighted by Crippen LogP contribution is 2.37. The summed E-state index contributed by atoms with van der Waals surface area (Å²) in [6, 6.07) is 15.9. The van der Waals surface area contributed by atoms with E-state index in [0.717, 1.165) is 29.7 Å². The summed E-state index contributed by atoms with van der Waals surface area (Å²) in [4.78, 5) is 17.9. The van der Waals surface area contributed by atoms with Crippen LogP contribution in [0.15, 0.2) is 53.3 Å². The van der Waals surface area contributed by atoms with Crippen molar-refractivity contribution < 1.29 is 0 Å². The molecule has 1 aliphatic rings. The number of aromatic nitrogens is 2. The van der Waals surface area contributed by atoms with Crippen molar-refractivity contribution in [2.45, 2.75) is 32.2 Å². The van der Waals surface area contributed by atoms with Crippen molar-refractivity contribution in [1.82, 2.24) is 9.55 Å². The van der Waals surface area contributed by atoms with Gasteiger partial charge in [0.1, 0.15) is 5.82 Å². The predicted molar refractivity (Wildman–Crippen MR) is 89.1 cm³/mol. The van der Waals surface area contributed by atoms with Crippen LogP contribution in [0, 0.1) is 0 Å². The Morgan fingerprint density at radius 2 is 1.86 bits per heavy atom. The third-order valence-electron chi connectivity index (χ3n) is 4.91.